The van der Waals surface area contributed by atoms with Gasteiger partial charge in [-0.05, 0) is 29.8 Å². The Morgan fingerprint density at radius 2 is 1.75 bits per heavy atom. The Balaban J connectivity index is 1.24. The van der Waals surface area contributed by atoms with Crippen LogP contribution in [0.2, 0.25) is 0 Å². The highest BCUT2D eigenvalue weighted by Gasteiger charge is 2.25. The van der Waals surface area contributed by atoms with E-state index >= 15 is 0 Å². The van der Waals surface area contributed by atoms with Crippen LogP contribution in [0.3, 0.4) is 0 Å². The molecule has 0 N–H and O–H groups in total. The number of benzene rings is 2. The average Bonchev–Trinajstić information content (AvgIpc) is 3.32. The standard InChI is InChI=1S/C22H23N3O3/c1-23-18-5-3-2-4-17(18)13-19(23)22(26)25-10-8-24(9-11-25)14-16-6-7-20-21(12-16)28-15-27-20/h2-7,12-13H,8-11,14-15H2,1H3. The summed E-state index contributed by atoms with van der Waals surface area (Å²) in [5.74, 6) is 1.75. The van der Waals surface area contributed by atoms with Crippen LogP contribution < -0.4 is 9.47 Å². The van der Waals surface area contributed by atoms with Crippen molar-refractivity contribution in [1.29, 1.82) is 0 Å². The zero-order valence-electron chi connectivity index (χ0n) is 15.9. The number of rotatable bonds is 3. The molecule has 3 aromatic rings. The second-order valence-electron chi connectivity index (χ2n) is 7.40. The van der Waals surface area contributed by atoms with Crippen molar-refractivity contribution in [2.45, 2.75) is 6.54 Å². The molecule has 6 heteroatoms. The average molecular weight is 377 g/mol. The van der Waals surface area contributed by atoms with E-state index in [1.54, 1.807) is 0 Å². The van der Waals surface area contributed by atoms with Gasteiger partial charge in [-0.2, -0.15) is 0 Å². The number of fused-ring (bicyclic) bond motifs is 2. The molecule has 1 saturated heterocycles. The van der Waals surface area contributed by atoms with E-state index in [9.17, 15) is 4.79 Å². The van der Waals surface area contributed by atoms with E-state index in [1.807, 2.05) is 40.8 Å². The molecular weight excluding hydrogens is 354 g/mol. The number of piperazine rings is 1. The van der Waals surface area contributed by atoms with Crippen LogP contribution in [-0.2, 0) is 13.6 Å². The van der Waals surface area contributed by atoms with Gasteiger partial charge in [0, 0.05) is 50.7 Å². The Kier molecular flexibility index (Phi) is 4.20. The third-order valence-corrected chi connectivity index (χ3v) is 5.67. The van der Waals surface area contributed by atoms with Gasteiger partial charge >= 0.3 is 0 Å². The first kappa shape index (κ1) is 17.1. The number of hydrogen-bond donors (Lipinski definition) is 0. The Labute approximate surface area is 163 Å². The highest BCUT2D eigenvalue weighted by atomic mass is 16.7. The third-order valence-electron chi connectivity index (χ3n) is 5.67. The van der Waals surface area contributed by atoms with Crippen molar-refractivity contribution in [2.75, 3.05) is 33.0 Å². The minimum Gasteiger partial charge on any atom is -0.454 e. The molecule has 0 spiro atoms. The summed E-state index contributed by atoms with van der Waals surface area (Å²) < 4.78 is 12.8. The molecule has 2 aliphatic heterocycles. The molecule has 0 atom stereocenters. The molecule has 0 radical (unpaired) electrons. The number of amides is 1. The lowest BCUT2D eigenvalue weighted by Crippen LogP contribution is -2.48. The SMILES string of the molecule is Cn1c(C(=O)N2CCN(Cc3ccc4c(c3)OCO4)CC2)cc2ccccc21. The number of para-hydroxylation sites is 1. The Hall–Kier alpha value is -2.99. The van der Waals surface area contributed by atoms with Crippen LogP contribution in [0, 0.1) is 0 Å². The fourth-order valence-corrected chi connectivity index (χ4v) is 4.06. The molecule has 0 saturated carbocycles. The first-order valence-corrected chi connectivity index (χ1v) is 9.64. The molecule has 6 nitrogen and oxygen atoms in total. The fraction of sp³-hybridized carbons (Fsp3) is 0.318. The highest BCUT2D eigenvalue weighted by Crippen LogP contribution is 2.33. The fourth-order valence-electron chi connectivity index (χ4n) is 4.06. The lowest BCUT2D eigenvalue weighted by atomic mass is 10.1. The van der Waals surface area contributed by atoms with E-state index in [4.69, 9.17) is 9.47 Å². The molecule has 1 amide bonds. The summed E-state index contributed by atoms with van der Waals surface area (Å²) in [6.07, 6.45) is 0. The monoisotopic (exact) mass is 377 g/mol. The van der Waals surface area contributed by atoms with Crippen molar-refractivity contribution in [2.24, 2.45) is 7.05 Å². The lowest BCUT2D eigenvalue weighted by Gasteiger charge is -2.34. The van der Waals surface area contributed by atoms with Crippen molar-refractivity contribution in [3.63, 3.8) is 0 Å². The van der Waals surface area contributed by atoms with E-state index in [2.05, 4.69) is 29.2 Å². The second-order valence-corrected chi connectivity index (χ2v) is 7.40. The zero-order chi connectivity index (χ0) is 19.1. The molecular formula is C22H23N3O3. The van der Waals surface area contributed by atoms with Crippen molar-refractivity contribution in [1.82, 2.24) is 14.4 Å². The lowest BCUT2D eigenvalue weighted by molar-refractivity contribution is 0.0619. The molecule has 3 heterocycles. The second kappa shape index (κ2) is 6.87. The van der Waals surface area contributed by atoms with Crippen molar-refractivity contribution >= 4 is 16.8 Å². The predicted octanol–water partition coefficient (Wildman–Crippen LogP) is 2.87. The largest absolute Gasteiger partial charge is 0.454 e. The summed E-state index contributed by atoms with van der Waals surface area (Å²) in [7, 11) is 1.96. The quantitative estimate of drug-likeness (QED) is 0.704. The van der Waals surface area contributed by atoms with E-state index < -0.39 is 0 Å². The molecule has 0 aliphatic carbocycles. The molecule has 2 aromatic carbocycles. The molecule has 5 rings (SSSR count). The summed E-state index contributed by atoms with van der Waals surface area (Å²) in [4.78, 5) is 17.4. The number of hydrogen-bond acceptors (Lipinski definition) is 4. The van der Waals surface area contributed by atoms with Crippen LogP contribution in [0.15, 0.2) is 48.5 Å². The van der Waals surface area contributed by atoms with Gasteiger partial charge in [0.05, 0.1) is 0 Å². The van der Waals surface area contributed by atoms with Crippen molar-refractivity contribution in [3.8, 4) is 11.5 Å². The molecule has 28 heavy (non-hydrogen) atoms. The minimum atomic E-state index is 0.112. The zero-order valence-corrected chi connectivity index (χ0v) is 15.9. The number of aromatic nitrogens is 1. The van der Waals surface area contributed by atoms with Crippen LogP contribution >= 0.6 is 0 Å². The van der Waals surface area contributed by atoms with Crippen molar-refractivity contribution < 1.29 is 14.3 Å². The maximum absolute atomic E-state index is 13.0. The van der Waals surface area contributed by atoms with Gasteiger partial charge in [0.1, 0.15) is 5.69 Å². The summed E-state index contributed by atoms with van der Waals surface area (Å²) >= 11 is 0. The van der Waals surface area contributed by atoms with Gasteiger partial charge in [0.2, 0.25) is 6.79 Å². The van der Waals surface area contributed by atoms with E-state index in [-0.39, 0.29) is 5.91 Å². The Bertz CT molecular complexity index is 1030. The number of aryl methyl sites for hydroxylation is 1. The number of ether oxygens (including phenoxy) is 2. The van der Waals surface area contributed by atoms with Crippen LogP contribution in [-0.4, -0.2) is 53.2 Å². The summed E-state index contributed by atoms with van der Waals surface area (Å²) in [5.41, 5.74) is 3.05. The maximum Gasteiger partial charge on any atom is 0.270 e. The van der Waals surface area contributed by atoms with Crippen LogP contribution in [0.5, 0.6) is 11.5 Å². The molecule has 1 fully saturated rings. The molecule has 0 unspecified atom stereocenters. The normalized spacial score (nSPS) is 16.7. The Morgan fingerprint density at radius 1 is 0.964 bits per heavy atom. The summed E-state index contributed by atoms with van der Waals surface area (Å²) in [5, 5.41) is 1.11. The number of nitrogens with zero attached hydrogens (tertiary/aromatic N) is 3. The van der Waals surface area contributed by atoms with E-state index in [0.717, 1.165) is 60.8 Å². The topological polar surface area (TPSA) is 46.9 Å². The Morgan fingerprint density at radius 3 is 2.57 bits per heavy atom. The minimum absolute atomic E-state index is 0.112. The smallest absolute Gasteiger partial charge is 0.270 e. The first-order valence-electron chi connectivity index (χ1n) is 9.64. The van der Waals surface area contributed by atoms with E-state index in [1.165, 1.54) is 5.56 Å². The maximum atomic E-state index is 13.0. The van der Waals surface area contributed by atoms with Gasteiger partial charge in [-0.1, -0.05) is 24.3 Å². The van der Waals surface area contributed by atoms with Gasteiger partial charge < -0.3 is 18.9 Å². The van der Waals surface area contributed by atoms with E-state index in [0.29, 0.717) is 6.79 Å². The van der Waals surface area contributed by atoms with Gasteiger partial charge in [0.15, 0.2) is 11.5 Å². The van der Waals surface area contributed by atoms with Gasteiger partial charge in [-0.15, -0.1) is 0 Å². The van der Waals surface area contributed by atoms with Crippen molar-refractivity contribution in [3.05, 3.63) is 59.8 Å². The molecule has 2 aliphatic rings. The molecule has 144 valence electrons. The number of carbonyl (C=O) groups excluding carboxylic acids is 1. The highest BCUT2D eigenvalue weighted by molar-refractivity contribution is 5.98. The van der Waals surface area contributed by atoms with Gasteiger partial charge in [-0.3, -0.25) is 9.69 Å². The first-order chi connectivity index (χ1) is 13.7. The predicted molar refractivity (Wildman–Crippen MR) is 107 cm³/mol. The van der Waals surface area contributed by atoms with Gasteiger partial charge in [0.25, 0.3) is 5.91 Å². The van der Waals surface area contributed by atoms with Crippen LogP contribution in [0.25, 0.3) is 10.9 Å². The third kappa shape index (κ3) is 2.99. The summed E-state index contributed by atoms with van der Waals surface area (Å²) in [6, 6.07) is 16.2. The van der Waals surface area contributed by atoms with Gasteiger partial charge in [-0.25, -0.2) is 0 Å². The van der Waals surface area contributed by atoms with Crippen LogP contribution in [0.4, 0.5) is 0 Å². The number of carbonyl (C=O) groups is 1. The summed E-state index contributed by atoms with van der Waals surface area (Å²) in [6.45, 7) is 4.37. The molecule has 1 aromatic heterocycles. The van der Waals surface area contributed by atoms with Crippen LogP contribution in [0.1, 0.15) is 16.1 Å². The molecule has 0 bridgehead atoms.